The van der Waals surface area contributed by atoms with Crippen LogP contribution in [0.5, 0.6) is 0 Å². The Kier molecular flexibility index (Phi) is 1.97. The lowest BCUT2D eigenvalue weighted by atomic mass is 10.1. The molecule has 2 nitrogen and oxygen atoms in total. The van der Waals surface area contributed by atoms with Crippen LogP contribution in [0.3, 0.4) is 0 Å². The molecule has 0 aliphatic rings. The third kappa shape index (κ3) is 1.28. The zero-order valence-electron chi connectivity index (χ0n) is 7.91. The van der Waals surface area contributed by atoms with Gasteiger partial charge in [0.2, 0.25) is 0 Å². The number of hydrogen-bond donors (Lipinski definition) is 0. The van der Waals surface area contributed by atoms with E-state index in [-0.39, 0.29) is 0 Å². The van der Waals surface area contributed by atoms with Crippen molar-refractivity contribution in [3.63, 3.8) is 0 Å². The van der Waals surface area contributed by atoms with Gasteiger partial charge in [-0.25, -0.2) is 9.97 Å². The van der Waals surface area contributed by atoms with Crippen LogP contribution >= 0.6 is 0 Å². The standard InChI is InChI=1S/C11H12N2/c1-3-9-5-4-6-10-11(9)8(2)12-7-13-10/h4-7H,3H2,1-2H3. The second-order valence-corrected chi connectivity index (χ2v) is 3.12. The highest BCUT2D eigenvalue weighted by Crippen LogP contribution is 2.19. The van der Waals surface area contributed by atoms with Gasteiger partial charge in [-0.15, -0.1) is 0 Å². The van der Waals surface area contributed by atoms with Crippen LogP contribution in [-0.4, -0.2) is 9.97 Å². The second-order valence-electron chi connectivity index (χ2n) is 3.12. The molecule has 0 amide bonds. The van der Waals surface area contributed by atoms with Crippen molar-refractivity contribution in [3.8, 4) is 0 Å². The minimum atomic E-state index is 1.03. The van der Waals surface area contributed by atoms with Gasteiger partial charge in [0.15, 0.2) is 0 Å². The van der Waals surface area contributed by atoms with Gasteiger partial charge in [-0.3, -0.25) is 0 Å². The molecule has 0 fully saturated rings. The molecule has 0 saturated heterocycles. The third-order valence-corrected chi connectivity index (χ3v) is 2.32. The van der Waals surface area contributed by atoms with Crippen LogP contribution in [0.15, 0.2) is 24.5 Å². The van der Waals surface area contributed by atoms with Gasteiger partial charge < -0.3 is 0 Å². The molecule has 1 aromatic carbocycles. The largest absolute Gasteiger partial charge is 0.241 e. The minimum absolute atomic E-state index is 1.03. The normalized spacial score (nSPS) is 10.6. The maximum atomic E-state index is 4.24. The van der Waals surface area contributed by atoms with Crippen LogP contribution in [-0.2, 0) is 6.42 Å². The van der Waals surface area contributed by atoms with Crippen LogP contribution in [0.1, 0.15) is 18.2 Å². The van der Waals surface area contributed by atoms with Crippen molar-refractivity contribution < 1.29 is 0 Å². The van der Waals surface area contributed by atoms with Crippen LogP contribution in [0.25, 0.3) is 10.9 Å². The molecule has 1 aromatic heterocycles. The third-order valence-electron chi connectivity index (χ3n) is 2.32. The van der Waals surface area contributed by atoms with Gasteiger partial charge in [-0.05, 0) is 25.0 Å². The molecule has 0 N–H and O–H groups in total. The van der Waals surface area contributed by atoms with E-state index < -0.39 is 0 Å². The summed E-state index contributed by atoms with van der Waals surface area (Å²) in [7, 11) is 0. The molecule has 13 heavy (non-hydrogen) atoms. The first-order chi connectivity index (χ1) is 6.33. The zero-order valence-corrected chi connectivity index (χ0v) is 7.91. The van der Waals surface area contributed by atoms with Gasteiger partial charge in [0, 0.05) is 11.1 Å². The Morgan fingerprint density at radius 1 is 1.23 bits per heavy atom. The first-order valence-corrected chi connectivity index (χ1v) is 4.52. The fraction of sp³-hybridized carbons (Fsp3) is 0.273. The highest BCUT2D eigenvalue weighted by Gasteiger charge is 2.02. The topological polar surface area (TPSA) is 25.8 Å². The Balaban J connectivity index is 2.87. The first kappa shape index (κ1) is 8.17. The highest BCUT2D eigenvalue weighted by molar-refractivity contribution is 5.84. The summed E-state index contributed by atoms with van der Waals surface area (Å²) in [6, 6.07) is 6.22. The Morgan fingerprint density at radius 3 is 2.85 bits per heavy atom. The number of hydrogen-bond acceptors (Lipinski definition) is 2. The maximum absolute atomic E-state index is 4.24. The predicted molar refractivity (Wildman–Crippen MR) is 53.7 cm³/mol. The zero-order chi connectivity index (χ0) is 9.26. The molecule has 0 unspecified atom stereocenters. The lowest BCUT2D eigenvalue weighted by molar-refractivity contribution is 1.11. The molecule has 2 aromatic rings. The van der Waals surface area contributed by atoms with E-state index in [9.17, 15) is 0 Å². The average Bonchev–Trinajstić information content (AvgIpc) is 2.17. The van der Waals surface area contributed by atoms with E-state index in [1.165, 1.54) is 10.9 Å². The summed E-state index contributed by atoms with van der Waals surface area (Å²) in [6.07, 6.45) is 2.66. The first-order valence-electron chi connectivity index (χ1n) is 4.52. The summed E-state index contributed by atoms with van der Waals surface area (Å²) >= 11 is 0. The van der Waals surface area contributed by atoms with Crippen molar-refractivity contribution in [2.45, 2.75) is 20.3 Å². The molecule has 2 rings (SSSR count). The second kappa shape index (κ2) is 3.13. The van der Waals surface area contributed by atoms with Gasteiger partial charge in [-0.1, -0.05) is 19.1 Å². The molecule has 2 heteroatoms. The van der Waals surface area contributed by atoms with Gasteiger partial charge in [-0.2, -0.15) is 0 Å². The van der Waals surface area contributed by atoms with Crippen molar-refractivity contribution in [3.05, 3.63) is 35.8 Å². The van der Waals surface area contributed by atoms with E-state index in [0.717, 1.165) is 17.6 Å². The smallest absolute Gasteiger partial charge is 0.116 e. The summed E-state index contributed by atoms with van der Waals surface area (Å²) in [4.78, 5) is 8.44. The number of nitrogens with zero attached hydrogens (tertiary/aromatic N) is 2. The van der Waals surface area contributed by atoms with Crippen molar-refractivity contribution in [2.24, 2.45) is 0 Å². The number of benzene rings is 1. The summed E-state index contributed by atoms with van der Waals surface area (Å²) < 4.78 is 0. The van der Waals surface area contributed by atoms with Crippen molar-refractivity contribution in [1.29, 1.82) is 0 Å². The lowest BCUT2D eigenvalue weighted by Gasteiger charge is -2.04. The lowest BCUT2D eigenvalue weighted by Crippen LogP contribution is -1.91. The van der Waals surface area contributed by atoms with E-state index in [1.807, 2.05) is 19.1 Å². The van der Waals surface area contributed by atoms with Gasteiger partial charge >= 0.3 is 0 Å². The quantitative estimate of drug-likeness (QED) is 0.660. The van der Waals surface area contributed by atoms with Crippen LogP contribution < -0.4 is 0 Å². The van der Waals surface area contributed by atoms with Crippen molar-refractivity contribution in [1.82, 2.24) is 9.97 Å². The van der Waals surface area contributed by atoms with Gasteiger partial charge in [0.1, 0.15) is 6.33 Å². The number of aromatic nitrogens is 2. The molecule has 0 saturated carbocycles. The van der Waals surface area contributed by atoms with E-state index >= 15 is 0 Å². The molecule has 0 radical (unpaired) electrons. The summed E-state index contributed by atoms with van der Waals surface area (Å²) in [5.41, 5.74) is 3.45. The summed E-state index contributed by atoms with van der Waals surface area (Å²) in [5, 5.41) is 1.22. The minimum Gasteiger partial charge on any atom is -0.241 e. The monoisotopic (exact) mass is 172 g/mol. The Bertz CT molecular complexity index is 430. The fourth-order valence-electron chi connectivity index (χ4n) is 1.65. The summed E-state index contributed by atoms with van der Waals surface area (Å²) in [5.74, 6) is 0. The van der Waals surface area contributed by atoms with E-state index in [4.69, 9.17) is 0 Å². The van der Waals surface area contributed by atoms with E-state index in [0.29, 0.717) is 0 Å². The van der Waals surface area contributed by atoms with E-state index in [2.05, 4.69) is 23.0 Å². The average molecular weight is 172 g/mol. The molecule has 0 spiro atoms. The summed E-state index contributed by atoms with van der Waals surface area (Å²) in [6.45, 7) is 4.18. The number of rotatable bonds is 1. The molecule has 1 heterocycles. The van der Waals surface area contributed by atoms with Crippen molar-refractivity contribution in [2.75, 3.05) is 0 Å². The molecule has 0 bridgehead atoms. The van der Waals surface area contributed by atoms with Crippen LogP contribution in [0, 0.1) is 6.92 Å². The predicted octanol–water partition coefficient (Wildman–Crippen LogP) is 2.50. The number of aryl methyl sites for hydroxylation is 2. The molecule has 66 valence electrons. The maximum Gasteiger partial charge on any atom is 0.116 e. The highest BCUT2D eigenvalue weighted by atomic mass is 14.8. The van der Waals surface area contributed by atoms with Crippen LogP contribution in [0.2, 0.25) is 0 Å². The molecule has 0 atom stereocenters. The van der Waals surface area contributed by atoms with Crippen molar-refractivity contribution >= 4 is 10.9 Å². The van der Waals surface area contributed by atoms with Gasteiger partial charge in [0.05, 0.1) is 5.52 Å². The molecule has 0 aliphatic heterocycles. The van der Waals surface area contributed by atoms with Gasteiger partial charge in [0.25, 0.3) is 0 Å². The fourth-order valence-corrected chi connectivity index (χ4v) is 1.65. The number of fused-ring (bicyclic) bond motifs is 1. The molecular weight excluding hydrogens is 160 g/mol. The molecule has 0 aliphatic carbocycles. The Labute approximate surface area is 77.6 Å². The Morgan fingerprint density at radius 2 is 2.08 bits per heavy atom. The Hall–Kier alpha value is -1.44. The SMILES string of the molecule is CCc1cccc2ncnc(C)c12. The van der Waals surface area contributed by atoms with Crippen LogP contribution in [0.4, 0.5) is 0 Å². The molecular formula is C11H12N2. The van der Waals surface area contributed by atoms with E-state index in [1.54, 1.807) is 6.33 Å².